The number of nitrogens with zero attached hydrogens (tertiary/aromatic N) is 2. The predicted molar refractivity (Wildman–Crippen MR) is 109 cm³/mol. The normalized spacial score (nSPS) is 14.3. The number of aromatic nitrogens is 2. The maximum atomic E-state index is 12.5. The molecule has 2 amide bonds. The van der Waals surface area contributed by atoms with Crippen LogP contribution in [0.3, 0.4) is 0 Å². The number of hydrogen-bond acceptors (Lipinski definition) is 6. The quantitative estimate of drug-likeness (QED) is 0.615. The highest BCUT2D eigenvalue weighted by Gasteiger charge is 2.19. The maximum absolute atomic E-state index is 12.5. The van der Waals surface area contributed by atoms with E-state index in [0.29, 0.717) is 11.7 Å². The molecule has 1 fully saturated rings. The molecule has 0 atom stereocenters. The van der Waals surface area contributed by atoms with E-state index in [9.17, 15) is 9.59 Å². The second kappa shape index (κ2) is 7.93. The highest BCUT2D eigenvalue weighted by molar-refractivity contribution is 7.22. The molecule has 0 spiro atoms. The van der Waals surface area contributed by atoms with Crippen LogP contribution in [-0.4, -0.2) is 27.8 Å². The van der Waals surface area contributed by atoms with Gasteiger partial charge in [0, 0.05) is 12.6 Å². The summed E-state index contributed by atoms with van der Waals surface area (Å²) < 4.78 is 0.980. The molecule has 0 radical (unpaired) electrons. The number of nitrogens with one attached hydrogen (secondary N) is 2. The highest BCUT2D eigenvalue weighted by Crippen LogP contribution is 2.24. The number of amides is 2. The molecule has 1 aliphatic rings. The van der Waals surface area contributed by atoms with Gasteiger partial charge in [-0.1, -0.05) is 36.3 Å². The SMILES string of the molecule is Nc1nc2ccc(CNC(=O)c3cccc(C(=O)NC4CCCC4)n3)cc2s1. The molecule has 2 heterocycles. The van der Waals surface area contributed by atoms with Gasteiger partial charge in [0.1, 0.15) is 11.4 Å². The number of pyridine rings is 1. The Labute approximate surface area is 166 Å². The fraction of sp³-hybridized carbons (Fsp3) is 0.300. The van der Waals surface area contributed by atoms with E-state index in [1.807, 2.05) is 18.2 Å². The third-order valence-electron chi connectivity index (χ3n) is 4.83. The van der Waals surface area contributed by atoms with Gasteiger partial charge in [-0.25, -0.2) is 9.97 Å². The number of rotatable bonds is 5. The minimum Gasteiger partial charge on any atom is -0.375 e. The van der Waals surface area contributed by atoms with E-state index in [0.717, 1.165) is 41.5 Å². The lowest BCUT2D eigenvalue weighted by Crippen LogP contribution is -2.33. The van der Waals surface area contributed by atoms with Crippen LogP contribution >= 0.6 is 11.3 Å². The zero-order chi connectivity index (χ0) is 19.5. The van der Waals surface area contributed by atoms with Gasteiger partial charge in [0.15, 0.2) is 5.13 Å². The van der Waals surface area contributed by atoms with Crippen LogP contribution in [0.25, 0.3) is 10.2 Å². The number of carbonyl (C=O) groups excluding carboxylic acids is 2. The van der Waals surface area contributed by atoms with Crippen LogP contribution in [0.15, 0.2) is 36.4 Å². The van der Waals surface area contributed by atoms with E-state index in [2.05, 4.69) is 20.6 Å². The van der Waals surface area contributed by atoms with Crippen LogP contribution in [0.2, 0.25) is 0 Å². The van der Waals surface area contributed by atoms with Crippen molar-refractivity contribution in [1.29, 1.82) is 0 Å². The standard InChI is InChI=1S/C20H21N5O2S/c21-20-25-14-9-8-12(10-17(14)28-20)11-22-18(26)15-6-3-7-16(24-15)19(27)23-13-4-1-2-5-13/h3,6-10,13H,1-2,4-5,11H2,(H2,21,25)(H,22,26)(H,23,27). The average molecular weight is 395 g/mol. The van der Waals surface area contributed by atoms with Crippen molar-refractivity contribution in [2.75, 3.05) is 5.73 Å². The van der Waals surface area contributed by atoms with E-state index in [-0.39, 0.29) is 29.2 Å². The molecule has 144 valence electrons. The first kappa shape index (κ1) is 18.4. The number of nitrogens with two attached hydrogens (primary N) is 1. The summed E-state index contributed by atoms with van der Waals surface area (Å²) in [6.07, 6.45) is 4.28. The lowest BCUT2D eigenvalue weighted by Gasteiger charge is -2.12. The molecule has 0 bridgehead atoms. The molecule has 1 aromatic carbocycles. The Morgan fingerprint density at radius 1 is 1.07 bits per heavy atom. The van der Waals surface area contributed by atoms with Gasteiger partial charge < -0.3 is 16.4 Å². The van der Waals surface area contributed by atoms with Gasteiger partial charge in [0.2, 0.25) is 0 Å². The van der Waals surface area contributed by atoms with Gasteiger partial charge in [-0.3, -0.25) is 9.59 Å². The lowest BCUT2D eigenvalue weighted by molar-refractivity contribution is 0.0931. The van der Waals surface area contributed by atoms with E-state index in [4.69, 9.17) is 5.73 Å². The molecule has 1 saturated carbocycles. The summed E-state index contributed by atoms with van der Waals surface area (Å²) in [5.74, 6) is -0.547. The molecule has 4 rings (SSSR count). The Kier molecular flexibility index (Phi) is 5.21. The van der Waals surface area contributed by atoms with Crippen molar-refractivity contribution >= 4 is 38.5 Å². The van der Waals surface area contributed by atoms with Crippen LogP contribution in [0.5, 0.6) is 0 Å². The summed E-state index contributed by atoms with van der Waals surface area (Å²) in [5.41, 5.74) is 8.01. The first-order valence-electron chi connectivity index (χ1n) is 9.29. The molecule has 0 saturated heterocycles. The minimum absolute atomic E-state index is 0.211. The van der Waals surface area contributed by atoms with Crippen molar-refractivity contribution in [3.05, 3.63) is 53.3 Å². The van der Waals surface area contributed by atoms with Crippen LogP contribution in [-0.2, 0) is 6.54 Å². The Bertz CT molecular complexity index is 1030. The van der Waals surface area contributed by atoms with Gasteiger partial charge in [-0.2, -0.15) is 0 Å². The molecular weight excluding hydrogens is 374 g/mol. The molecule has 4 N–H and O–H groups in total. The van der Waals surface area contributed by atoms with E-state index in [1.54, 1.807) is 18.2 Å². The molecule has 8 heteroatoms. The Hall–Kier alpha value is -3.00. The van der Waals surface area contributed by atoms with Crippen molar-refractivity contribution in [3.63, 3.8) is 0 Å². The zero-order valence-corrected chi connectivity index (χ0v) is 16.1. The highest BCUT2D eigenvalue weighted by atomic mass is 32.1. The minimum atomic E-state index is -0.320. The predicted octanol–water partition coefficient (Wildman–Crippen LogP) is 2.88. The first-order valence-corrected chi connectivity index (χ1v) is 10.1. The molecule has 0 aliphatic heterocycles. The van der Waals surface area contributed by atoms with Crippen molar-refractivity contribution in [2.24, 2.45) is 0 Å². The molecule has 1 aliphatic carbocycles. The van der Waals surface area contributed by atoms with Crippen LogP contribution in [0.4, 0.5) is 5.13 Å². The van der Waals surface area contributed by atoms with E-state index in [1.165, 1.54) is 11.3 Å². The molecule has 0 unspecified atom stereocenters. The number of nitrogen functional groups attached to an aromatic ring is 1. The summed E-state index contributed by atoms with van der Waals surface area (Å²) in [6, 6.07) is 10.9. The summed E-state index contributed by atoms with van der Waals surface area (Å²) in [6.45, 7) is 0.354. The van der Waals surface area contributed by atoms with Crippen molar-refractivity contribution in [2.45, 2.75) is 38.3 Å². The Morgan fingerprint density at radius 2 is 1.82 bits per heavy atom. The summed E-state index contributed by atoms with van der Waals surface area (Å²) >= 11 is 1.41. The third kappa shape index (κ3) is 4.12. The monoisotopic (exact) mass is 395 g/mol. The zero-order valence-electron chi connectivity index (χ0n) is 15.3. The Balaban J connectivity index is 1.40. The van der Waals surface area contributed by atoms with Crippen LogP contribution < -0.4 is 16.4 Å². The Morgan fingerprint density at radius 3 is 2.61 bits per heavy atom. The van der Waals surface area contributed by atoms with Crippen LogP contribution in [0, 0.1) is 0 Å². The number of hydrogen-bond donors (Lipinski definition) is 3. The second-order valence-electron chi connectivity index (χ2n) is 6.90. The van der Waals surface area contributed by atoms with Crippen molar-refractivity contribution < 1.29 is 9.59 Å². The summed E-state index contributed by atoms with van der Waals surface area (Å²) in [5, 5.41) is 6.36. The average Bonchev–Trinajstić information content (AvgIpc) is 3.34. The number of fused-ring (bicyclic) bond motifs is 1. The molecule has 2 aromatic heterocycles. The third-order valence-corrected chi connectivity index (χ3v) is 5.67. The number of anilines is 1. The largest absolute Gasteiger partial charge is 0.375 e. The first-order chi connectivity index (χ1) is 13.6. The summed E-state index contributed by atoms with van der Waals surface area (Å²) in [4.78, 5) is 33.3. The van der Waals surface area contributed by atoms with Gasteiger partial charge >= 0.3 is 0 Å². The summed E-state index contributed by atoms with van der Waals surface area (Å²) in [7, 11) is 0. The van der Waals surface area contributed by atoms with Crippen molar-refractivity contribution in [3.8, 4) is 0 Å². The maximum Gasteiger partial charge on any atom is 0.270 e. The van der Waals surface area contributed by atoms with E-state index >= 15 is 0 Å². The fourth-order valence-electron chi connectivity index (χ4n) is 3.39. The topological polar surface area (TPSA) is 110 Å². The number of carbonyl (C=O) groups is 2. The lowest BCUT2D eigenvalue weighted by atomic mass is 10.2. The smallest absolute Gasteiger partial charge is 0.270 e. The molecule has 3 aromatic rings. The number of benzene rings is 1. The fourth-order valence-corrected chi connectivity index (χ4v) is 4.18. The molecular formula is C20H21N5O2S. The van der Waals surface area contributed by atoms with Crippen LogP contribution in [0.1, 0.15) is 52.2 Å². The van der Waals surface area contributed by atoms with Gasteiger partial charge in [-0.05, 0) is 42.7 Å². The van der Waals surface area contributed by atoms with Gasteiger partial charge in [0.05, 0.1) is 10.2 Å². The molecule has 7 nitrogen and oxygen atoms in total. The van der Waals surface area contributed by atoms with Gasteiger partial charge in [-0.15, -0.1) is 0 Å². The van der Waals surface area contributed by atoms with Gasteiger partial charge in [0.25, 0.3) is 11.8 Å². The van der Waals surface area contributed by atoms with E-state index < -0.39 is 0 Å². The number of thiazole rings is 1. The van der Waals surface area contributed by atoms with Crippen molar-refractivity contribution in [1.82, 2.24) is 20.6 Å². The molecule has 28 heavy (non-hydrogen) atoms. The second-order valence-corrected chi connectivity index (χ2v) is 7.96.